The first kappa shape index (κ1) is 18.2. The van der Waals surface area contributed by atoms with Crippen molar-refractivity contribution in [1.29, 1.82) is 0 Å². The van der Waals surface area contributed by atoms with Gasteiger partial charge in [0.05, 0.1) is 32.0 Å². The van der Waals surface area contributed by atoms with Crippen molar-refractivity contribution in [3.05, 3.63) is 51.8 Å². The zero-order chi connectivity index (χ0) is 20.1. The quantitative estimate of drug-likeness (QED) is 0.700. The van der Waals surface area contributed by atoms with E-state index in [9.17, 15) is 0 Å². The molecular formula is C20H21ClN5O3+. The highest BCUT2D eigenvalue weighted by Gasteiger charge is 2.40. The molecule has 8 nitrogen and oxygen atoms in total. The molecule has 2 aliphatic heterocycles. The van der Waals surface area contributed by atoms with Crippen molar-refractivity contribution >= 4 is 11.6 Å². The Bertz CT molecular complexity index is 1100. The molecule has 2 atom stereocenters. The van der Waals surface area contributed by atoms with Crippen LogP contribution in [0, 0.1) is 6.92 Å². The number of tetrazole rings is 1. The number of hydrogen-bond acceptors (Lipinski definition) is 6. The van der Waals surface area contributed by atoms with Gasteiger partial charge in [-0.15, -0.1) is 5.10 Å². The molecule has 0 amide bonds. The number of ether oxygens (including phenoxy) is 3. The number of likely N-dealkylation sites (N-methyl/N-ethyl adjacent to an activating group) is 1. The minimum Gasteiger partial charge on any atom is -0.492 e. The number of hydrogen-bond donors (Lipinski definition) is 1. The van der Waals surface area contributed by atoms with Crippen LogP contribution < -0.4 is 19.1 Å². The van der Waals surface area contributed by atoms with Gasteiger partial charge in [0.15, 0.2) is 17.5 Å². The number of benzene rings is 2. The Kier molecular flexibility index (Phi) is 4.33. The van der Waals surface area contributed by atoms with E-state index in [1.54, 1.807) is 11.8 Å². The van der Waals surface area contributed by atoms with Crippen LogP contribution >= 0.6 is 11.6 Å². The van der Waals surface area contributed by atoms with E-state index in [0.717, 1.165) is 41.4 Å². The van der Waals surface area contributed by atoms with Crippen LogP contribution in [0.3, 0.4) is 0 Å². The van der Waals surface area contributed by atoms with Crippen molar-refractivity contribution in [3.8, 4) is 22.9 Å². The third-order valence-electron chi connectivity index (χ3n) is 5.74. The zero-order valence-electron chi connectivity index (χ0n) is 16.4. The summed E-state index contributed by atoms with van der Waals surface area (Å²) in [4.78, 5) is 1.27. The van der Waals surface area contributed by atoms with Gasteiger partial charge < -0.3 is 19.1 Å². The smallest absolute Gasteiger partial charge is 0.231 e. The molecular weight excluding hydrogens is 394 g/mol. The second-order valence-corrected chi connectivity index (χ2v) is 7.74. The van der Waals surface area contributed by atoms with Crippen LogP contribution in [-0.4, -0.2) is 47.7 Å². The largest absolute Gasteiger partial charge is 0.492 e. The summed E-state index contributed by atoms with van der Waals surface area (Å²) in [6, 6.07) is 7.66. The molecule has 1 aromatic heterocycles. The SMILES string of the molecule is COc1c2c(cc3c1[C@@H](c1nnnn1-c1cccc(Cl)c1C)[NH+](C)CC3)OCO2. The van der Waals surface area contributed by atoms with E-state index in [-0.39, 0.29) is 12.8 Å². The van der Waals surface area contributed by atoms with Gasteiger partial charge in [0.1, 0.15) is 0 Å². The molecule has 0 saturated carbocycles. The molecule has 0 radical (unpaired) electrons. The Morgan fingerprint density at radius 3 is 3.00 bits per heavy atom. The van der Waals surface area contributed by atoms with Crippen LogP contribution in [0.25, 0.3) is 5.69 Å². The molecule has 3 aromatic rings. The van der Waals surface area contributed by atoms with Crippen molar-refractivity contribution in [2.24, 2.45) is 0 Å². The average Bonchev–Trinajstić information content (AvgIpc) is 3.38. The van der Waals surface area contributed by atoms with Crippen LogP contribution in [0.2, 0.25) is 5.02 Å². The Morgan fingerprint density at radius 2 is 2.17 bits per heavy atom. The van der Waals surface area contributed by atoms with Crippen molar-refractivity contribution in [2.75, 3.05) is 27.5 Å². The van der Waals surface area contributed by atoms with Gasteiger partial charge in [-0.1, -0.05) is 17.7 Å². The summed E-state index contributed by atoms with van der Waals surface area (Å²) in [5, 5.41) is 13.4. The molecule has 0 saturated heterocycles. The fourth-order valence-electron chi connectivity index (χ4n) is 4.25. The molecule has 29 heavy (non-hydrogen) atoms. The summed E-state index contributed by atoms with van der Waals surface area (Å²) >= 11 is 6.35. The van der Waals surface area contributed by atoms with E-state index < -0.39 is 0 Å². The third kappa shape index (κ3) is 2.74. The summed E-state index contributed by atoms with van der Waals surface area (Å²) in [6.45, 7) is 3.09. The van der Waals surface area contributed by atoms with Gasteiger partial charge in [0.2, 0.25) is 18.4 Å². The van der Waals surface area contributed by atoms with Crippen LogP contribution in [0.4, 0.5) is 0 Å². The maximum Gasteiger partial charge on any atom is 0.231 e. The summed E-state index contributed by atoms with van der Waals surface area (Å²) in [6.07, 6.45) is 0.905. The Labute approximate surface area is 172 Å². The minimum absolute atomic E-state index is 0.128. The highest BCUT2D eigenvalue weighted by atomic mass is 35.5. The van der Waals surface area contributed by atoms with Gasteiger partial charge in [0, 0.05) is 11.4 Å². The first-order valence-electron chi connectivity index (χ1n) is 9.45. The number of rotatable bonds is 3. The molecule has 5 rings (SSSR count). The summed E-state index contributed by atoms with van der Waals surface area (Å²) < 4.78 is 18.9. The zero-order valence-corrected chi connectivity index (χ0v) is 17.2. The molecule has 150 valence electrons. The molecule has 0 spiro atoms. The third-order valence-corrected chi connectivity index (χ3v) is 6.15. The Balaban J connectivity index is 1.72. The number of nitrogens with one attached hydrogen (secondary N) is 1. The van der Waals surface area contributed by atoms with Gasteiger partial charge in [-0.2, -0.15) is 4.68 Å². The number of aromatic nitrogens is 4. The fraction of sp³-hybridized carbons (Fsp3) is 0.350. The molecule has 3 heterocycles. The van der Waals surface area contributed by atoms with Crippen LogP contribution in [0.15, 0.2) is 24.3 Å². The monoisotopic (exact) mass is 414 g/mol. The average molecular weight is 415 g/mol. The molecule has 0 fully saturated rings. The van der Waals surface area contributed by atoms with Crippen LogP contribution in [0.1, 0.15) is 28.6 Å². The summed E-state index contributed by atoms with van der Waals surface area (Å²) in [5.74, 6) is 2.79. The lowest BCUT2D eigenvalue weighted by molar-refractivity contribution is -0.909. The lowest BCUT2D eigenvalue weighted by atomic mass is 9.90. The molecule has 9 heteroatoms. The molecule has 1 N–H and O–H groups in total. The Morgan fingerprint density at radius 1 is 1.31 bits per heavy atom. The van der Waals surface area contributed by atoms with E-state index >= 15 is 0 Å². The fourth-order valence-corrected chi connectivity index (χ4v) is 4.42. The van der Waals surface area contributed by atoms with Gasteiger partial charge in [-0.25, -0.2) is 0 Å². The summed E-state index contributed by atoms with van der Waals surface area (Å²) in [7, 11) is 3.80. The first-order valence-corrected chi connectivity index (χ1v) is 9.83. The number of methoxy groups -OCH3 is 1. The summed E-state index contributed by atoms with van der Waals surface area (Å²) in [5.41, 5.74) is 3.99. The predicted octanol–water partition coefficient (Wildman–Crippen LogP) is 1.52. The first-order chi connectivity index (χ1) is 14.1. The molecule has 0 aliphatic carbocycles. The van der Waals surface area contributed by atoms with E-state index in [4.69, 9.17) is 25.8 Å². The van der Waals surface area contributed by atoms with E-state index in [2.05, 4.69) is 28.6 Å². The molecule has 2 aliphatic rings. The van der Waals surface area contributed by atoms with Gasteiger partial charge >= 0.3 is 0 Å². The van der Waals surface area contributed by atoms with Crippen molar-refractivity contribution < 1.29 is 19.1 Å². The standard InChI is InChI=1S/C20H20ClN5O3/c1-11-13(21)5-4-6-14(11)26-20(22-23-24-26)17-16-12(7-8-25(17)2)9-15-18(19(16)27-3)29-10-28-15/h4-6,9,17H,7-8,10H2,1-3H3/p+1/t17-/m0/s1. The number of quaternary nitrogens is 1. The van der Waals surface area contributed by atoms with Crippen molar-refractivity contribution in [2.45, 2.75) is 19.4 Å². The highest BCUT2D eigenvalue weighted by molar-refractivity contribution is 6.31. The van der Waals surface area contributed by atoms with Crippen molar-refractivity contribution in [3.63, 3.8) is 0 Å². The number of halogens is 1. The second-order valence-electron chi connectivity index (χ2n) is 7.33. The van der Waals surface area contributed by atoms with Crippen LogP contribution in [0.5, 0.6) is 17.2 Å². The van der Waals surface area contributed by atoms with Gasteiger partial charge in [0.25, 0.3) is 0 Å². The highest BCUT2D eigenvalue weighted by Crippen LogP contribution is 2.48. The maximum absolute atomic E-state index is 6.35. The maximum atomic E-state index is 6.35. The van der Waals surface area contributed by atoms with Gasteiger partial charge in [-0.05, 0) is 46.7 Å². The normalized spacial score (nSPS) is 19.9. The second kappa shape index (κ2) is 6.89. The number of fused-ring (bicyclic) bond motifs is 2. The Hall–Kier alpha value is -2.84. The molecule has 1 unspecified atom stereocenters. The molecule has 2 aromatic carbocycles. The lowest BCUT2D eigenvalue weighted by Gasteiger charge is -2.32. The molecule has 0 bridgehead atoms. The van der Waals surface area contributed by atoms with E-state index in [0.29, 0.717) is 16.5 Å². The number of nitrogens with zero attached hydrogens (tertiary/aromatic N) is 4. The van der Waals surface area contributed by atoms with Gasteiger partial charge in [-0.3, -0.25) is 0 Å². The van der Waals surface area contributed by atoms with Crippen LogP contribution in [-0.2, 0) is 6.42 Å². The van der Waals surface area contributed by atoms with Crippen molar-refractivity contribution in [1.82, 2.24) is 20.2 Å². The van der Waals surface area contributed by atoms with E-state index in [1.807, 2.05) is 25.1 Å². The minimum atomic E-state index is -0.128. The topological polar surface area (TPSA) is 75.7 Å². The van der Waals surface area contributed by atoms with E-state index in [1.165, 1.54) is 10.5 Å². The predicted molar refractivity (Wildman–Crippen MR) is 105 cm³/mol. The lowest BCUT2D eigenvalue weighted by Crippen LogP contribution is -3.10.